The van der Waals surface area contributed by atoms with E-state index in [1.54, 1.807) is 35.3 Å². The van der Waals surface area contributed by atoms with Gasteiger partial charge in [0.25, 0.3) is 5.91 Å². The van der Waals surface area contributed by atoms with Gasteiger partial charge in [0.05, 0.1) is 16.9 Å². The fourth-order valence-electron chi connectivity index (χ4n) is 2.43. The Bertz CT molecular complexity index is 890. The number of carbonyl (C=O) groups excluding carboxylic acids is 1. The lowest BCUT2D eigenvalue weighted by molar-refractivity contribution is 0.100. The Morgan fingerprint density at radius 1 is 1.33 bits per heavy atom. The van der Waals surface area contributed by atoms with Crippen LogP contribution in [0.5, 0.6) is 0 Å². The molecule has 1 amide bonds. The first-order chi connectivity index (χ1) is 11.6. The minimum atomic E-state index is -0.567. The second-order valence-corrected chi connectivity index (χ2v) is 5.27. The number of carbonyl (C=O) groups is 1. The topological polar surface area (TPSA) is 85.8 Å². The molecule has 0 saturated carbocycles. The third-order valence-electron chi connectivity index (χ3n) is 3.67. The first-order valence-electron chi connectivity index (χ1n) is 7.32. The zero-order chi connectivity index (χ0) is 17.1. The van der Waals surface area contributed by atoms with Gasteiger partial charge in [-0.15, -0.1) is 0 Å². The molecule has 2 aromatic heterocycles. The summed E-state index contributed by atoms with van der Waals surface area (Å²) in [7, 11) is 0. The SMILES string of the molecule is Cc1nccn1-c1ccc(CNc2ccncc2C(N)=O)cc1F. The van der Waals surface area contributed by atoms with Crippen molar-refractivity contribution < 1.29 is 9.18 Å². The molecular formula is C17H16FN5O. The summed E-state index contributed by atoms with van der Waals surface area (Å²) in [4.78, 5) is 19.3. The highest BCUT2D eigenvalue weighted by molar-refractivity contribution is 5.98. The van der Waals surface area contributed by atoms with Crippen LogP contribution in [0.1, 0.15) is 21.7 Å². The van der Waals surface area contributed by atoms with Crippen LogP contribution >= 0.6 is 0 Å². The highest BCUT2D eigenvalue weighted by Crippen LogP contribution is 2.19. The van der Waals surface area contributed by atoms with E-state index in [-0.39, 0.29) is 5.82 Å². The number of primary amides is 1. The van der Waals surface area contributed by atoms with Crippen molar-refractivity contribution in [1.82, 2.24) is 14.5 Å². The van der Waals surface area contributed by atoms with Crippen molar-refractivity contribution in [3.05, 3.63) is 71.8 Å². The number of hydrogen-bond donors (Lipinski definition) is 2. The molecule has 0 bridgehead atoms. The van der Waals surface area contributed by atoms with E-state index in [9.17, 15) is 9.18 Å². The maximum absolute atomic E-state index is 14.4. The van der Waals surface area contributed by atoms with Gasteiger partial charge in [-0.1, -0.05) is 6.07 Å². The van der Waals surface area contributed by atoms with Crippen LogP contribution in [0.15, 0.2) is 49.1 Å². The van der Waals surface area contributed by atoms with Crippen LogP contribution < -0.4 is 11.1 Å². The van der Waals surface area contributed by atoms with Crippen molar-refractivity contribution in [2.24, 2.45) is 5.73 Å². The predicted octanol–water partition coefficient (Wildman–Crippen LogP) is 2.43. The summed E-state index contributed by atoms with van der Waals surface area (Å²) in [5.41, 5.74) is 7.34. The highest BCUT2D eigenvalue weighted by Gasteiger charge is 2.10. The van der Waals surface area contributed by atoms with E-state index in [4.69, 9.17) is 5.73 Å². The van der Waals surface area contributed by atoms with Gasteiger partial charge in [0.2, 0.25) is 0 Å². The van der Waals surface area contributed by atoms with Crippen LogP contribution in [0.2, 0.25) is 0 Å². The number of benzene rings is 1. The number of anilines is 1. The number of aryl methyl sites for hydroxylation is 1. The zero-order valence-electron chi connectivity index (χ0n) is 13.0. The van der Waals surface area contributed by atoms with E-state index in [1.165, 1.54) is 12.3 Å². The summed E-state index contributed by atoms with van der Waals surface area (Å²) in [6.07, 6.45) is 6.29. The zero-order valence-corrected chi connectivity index (χ0v) is 13.0. The number of imidazole rings is 1. The van der Waals surface area contributed by atoms with Crippen molar-refractivity contribution in [3.8, 4) is 5.69 Å². The summed E-state index contributed by atoms with van der Waals surface area (Å²) in [6.45, 7) is 2.16. The smallest absolute Gasteiger partial charge is 0.252 e. The molecule has 24 heavy (non-hydrogen) atoms. The summed E-state index contributed by atoms with van der Waals surface area (Å²) in [6, 6.07) is 6.62. The maximum atomic E-state index is 14.4. The molecule has 0 aliphatic heterocycles. The molecule has 0 saturated heterocycles. The van der Waals surface area contributed by atoms with E-state index in [0.29, 0.717) is 29.3 Å². The average Bonchev–Trinajstić information content (AvgIpc) is 2.99. The molecule has 0 spiro atoms. The number of rotatable bonds is 5. The fraction of sp³-hybridized carbons (Fsp3) is 0.118. The molecule has 3 aromatic rings. The molecule has 0 fully saturated rings. The van der Waals surface area contributed by atoms with E-state index >= 15 is 0 Å². The maximum Gasteiger partial charge on any atom is 0.252 e. The van der Waals surface area contributed by atoms with Gasteiger partial charge < -0.3 is 15.6 Å². The molecule has 0 atom stereocenters. The lowest BCUT2D eigenvalue weighted by Crippen LogP contribution is -2.14. The molecule has 0 aliphatic carbocycles. The van der Waals surface area contributed by atoms with E-state index < -0.39 is 5.91 Å². The van der Waals surface area contributed by atoms with Crippen LogP contribution in [0.3, 0.4) is 0 Å². The molecular weight excluding hydrogens is 309 g/mol. The number of nitrogens with zero attached hydrogens (tertiary/aromatic N) is 3. The average molecular weight is 325 g/mol. The second-order valence-electron chi connectivity index (χ2n) is 5.27. The molecule has 3 N–H and O–H groups in total. The monoisotopic (exact) mass is 325 g/mol. The second kappa shape index (κ2) is 6.49. The molecule has 0 unspecified atom stereocenters. The molecule has 122 valence electrons. The number of halogens is 1. The Balaban J connectivity index is 1.79. The van der Waals surface area contributed by atoms with Crippen LogP contribution in [-0.4, -0.2) is 20.4 Å². The molecule has 3 rings (SSSR count). The van der Waals surface area contributed by atoms with Crippen LogP contribution in [0.4, 0.5) is 10.1 Å². The molecule has 0 radical (unpaired) electrons. The van der Waals surface area contributed by atoms with Gasteiger partial charge in [0, 0.05) is 31.3 Å². The Labute approximate surface area is 138 Å². The fourth-order valence-corrected chi connectivity index (χ4v) is 2.43. The Morgan fingerprint density at radius 2 is 2.17 bits per heavy atom. The van der Waals surface area contributed by atoms with Gasteiger partial charge in [0.15, 0.2) is 0 Å². The van der Waals surface area contributed by atoms with Crippen molar-refractivity contribution in [2.45, 2.75) is 13.5 Å². The van der Waals surface area contributed by atoms with Gasteiger partial charge in [-0.25, -0.2) is 9.37 Å². The van der Waals surface area contributed by atoms with Crippen molar-refractivity contribution in [2.75, 3.05) is 5.32 Å². The van der Waals surface area contributed by atoms with Gasteiger partial charge >= 0.3 is 0 Å². The highest BCUT2D eigenvalue weighted by atomic mass is 19.1. The Kier molecular flexibility index (Phi) is 4.24. The molecule has 6 nitrogen and oxygen atoms in total. The minimum absolute atomic E-state index is 0.295. The standard InChI is InChI=1S/C17H16FN5O/c1-11-21-6-7-23(11)16-3-2-12(8-14(16)18)9-22-15-4-5-20-10-13(15)17(19)24/h2-8,10H,9H2,1H3,(H2,19,24)(H,20,22). The van der Waals surface area contributed by atoms with Gasteiger partial charge in [-0.3, -0.25) is 9.78 Å². The Hall–Kier alpha value is -3.22. The Morgan fingerprint density at radius 3 is 2.83 bits per heavy atom. The van der Waals surface area contributed by atoms with Crippen molar-refractivity contribution in [1.29, 1.82) is 0 Å². The van der Waals surface area contributed by atoms with Crippen LogP contribution in [-0.2, 0) is 6.54 Å². The van der Waals surface area contributed by atoms with E-state index in [0.717, 1.165) is 5.56 Å². The largest absolute Gasteiger partial charge is 0.380 e. The van der Waals surface area contributed by atoms with Crippen LogP contribution in [0, 0.1) is 12.7 Å². The third kappa shape index (κ3) is 3.10. The minimum Gasteiger partial charge on any atom is -0.380 e. The predicted molar refractivity (Wildman–Crippen MR) is 88.3 cm³/mol. The summed E-state index contributed by atoms with van der Waals surface area (Å²) in [5, 5.41) is 3.08. The number of amides is 1. The molecule has 7 heteroatoms. The summed E-state index contributed by atoms with van der Waals surface area (Å²) >= 11 is 0. The lowest BCUT2D eigenvalue weighted by atomic mass is 10.1. The third-order valence-corrected chi connectivity index (χ3v) is 3.67. The molecule has 2 heterocycles. The number of nitrogens with two attached hydrogens (primary N) is 1. The quantitative estimate of drug-likeness (QED) is 0.754. The van der Waals surface area contributed by atoms with E-state index in [1.807, 2.05) is 13.0 Å². The summed E-state index contributed by atoms with van der Waals surface area (Å²) < 4.78 is 16.0. The van der Waals surface area contributed by atoms with Gasteiger partial charge in [-0.2, -0.15) is 0 Å². The van der Waals surface area contributed by atoms with E-state index in [2.05, 4.69) is 15.3 Å². The number of hydrogen-bond acceptors (Lipinski definition) is 4. The number of pyridine rings is 1. The lowest BCUT2D eigenvalue weighted by Gasteiger charge is -2.11. The number of aromatic nitrogens is 3. The van der Waals surface area contributed by atoms with Crippen LogP contribution in [0.25, 0.3) is 5.69 Å². The normalized spacial score (nSPS) is 10.6. The molecule has 0 aliphatic rings. The van der Waals surface area contributed by atoms with Crippen molar-refractivity contribution in [3.63, 3.8) is 0 Å². The first kappa shape index (κ1) is 15.7. The molecule has 1 aromatic carbocycles. The van der Waals surface area contributed by atoms with Gasteiger partial charge in [0.1, 0.15) is 11.6 Å². The summed E-state index contributed by atoms with van der Waals surface area (Å²) in [5.74, 6) is -0.203. The van der Waals surface area contributed by atoms with Gasteiger partial charge in [-0.05, 0) is 30.7 Å². The number of nitrogens with one attached hydrogen (secondary N) is 1. The van der Waals surface area contributed by atoms with Crippen molar-refractivity contribution >= 4 is 11.6 Å². The first-order valence-corrected chi connectivity index (χ1v) is 7.32.